The van der Waals surface area contributed by atoms with Crippen LogP contribution in [-0.2, 0) is 19.6 Å². The summed E-state index contributed by atoms with van der Waals surface area (Å²) in [5.41, 5.74) is 5.65. The van der Waals surface area contributed by atoms with E-state index in [9.17, 15) is 0 Å². The summed E-state index contributed by atoms with van der Waals surface area (Å²) >= 11 is 0. The monoisotopic (exact) mass is 550 g/mol. The first-order chi connectivity index (χ1) is 15.0. The number of guanidine groups is 1. The Balaban J connectivity index is 0.00000363. The molecule has 2 heterocycles. The Labute approximate surface area is 208 Å². The molecule has 3 rings (SSSR count). The predicted octanol–water partition coefficient (Wildman–Crippen LogP) is 4.92. The Morgan fingerprint density at radius 3 is 2.44 bits per heavy atom. The van der Waals surface area contributed by atoms with Crippen LogP contribution in [0.3, 0.4) is 0 Å². The Hall–Kier alpha value is -2.36. The van der Waals surface area contributed by atoms with Crippen LogP contribution in [-0.4, -0.2) is 27.9 Å². The van der Waals surface area contributed by atoms with E-state index in [4.69, 9.17) is 9.62 Å². The van der Waals surface area contributed by atoms with Crippen LogP contribution in [0.25, 0.3) is 0 Å². The second-order valence-corrected chi connectivity index (χ2v) is 7.80. The van der Waals surface area contributed by atoms with Crippen LogP contribution in [0, 0.1) is 13.8 Å². The lowest BCUT2D eigenvalue weighted by Gasteiger charge is -2.11. The number of aliphatic imine (C=N–C) groups is 1. The molecule has 3 aromatic rings. The van der Waals surface area contributed by atoms with E-state index in [0.717, 1.165) is 48.2 Å². The first-order valence-corrected chi connectivity index (χ1v) is 11.0. The first-order valence-electron chi connectivity index (χ1n) is 11.0. The number of hydrogen-bond acceptors (Lipinski definition) is 4. The fourth-order valence-corrected chi connectivity index (χ4v) is 3.78. The summed E-state index contributed by atoms with van der Waals surface area (Å²) in [5.74, 6) is 1.98. The molecule has 0 aliphatic rings. The second kappa shape index (κ2) is 12.6. The van der Waals surface area contributed by atoms with E-state index in [-0.39, 0.29) is 24.0 Å². The molecule has 1 aromatic carbocycles. The number of rotatable bonds is 9. The van der Waals surface area contributed by atoms with Crippen molar-refractivity contribution in [3.63, 3.8) is 0 Å². The van der Waals surface area contributed by atoms with Crippen molar-refractivity contribution in [2.45, 2.75) is 66.1 Å². The third-order valence-corrected chi connectivity index (χ3v) is 5.77. The van der Waals surface area contributed by atoms with Gasteiger partial charge in [-0.1, -0.05) is 49.3 Å². The summed E-state index contributed by atoms with van der Waals surface area (Å²) in [6.45, 7) is 10.5. The van der Waals surface area contributed by atoms with Gasteiger partial charge in [-0.15, -0.1) is 24.0 Å². The van der Waals surface area contributed by atoms with Gasteiger partial charge in [0.15, 0.2) is 11.7 Å². The molecule has 0 amide bonds. The molecular formula is C24H35IN6O. The quantitative estimate of drug-likeness (QED) is 0.225. The minimum atomic E-state index is 0. The molecule has 0 aliphatic carbocycles. The maximum Gasteiger partial charge on any atom is 0.191 e. The van der Waals surface area contributed by atoms with Gasteiger partial charge in [-0.25, -0.2) is 0 Å². The fraction of sp³-hybridized carbons (Fsp3) is 0.458. The normalized spacial score (nSPS) is 11.5. The number of aryl methyl sites for hydroxylation is 1. The summed E-state index contributed by atoms with van der Waals surface area (Å²) in [4.78, 5) is 4.33. The maximum absolute atomic E-state index is 5.50. The van der Waals surface area contributed by atoms with Gasteiger partial charge in [0.1, 0.15) is 0 Å². The number of hydrogen-bond donors (Lipinski definition) is 2. The SMILES string of the molecule is CCC(CC)c1cc(CNC(=NC)NCc2c(C)nn(Cc3ccccc3)c2C)on1.I. The van der Waals surface area contributed by atoms with E-state index in [0.29, 0.717) is 19.0 Å². The Morgan fingerprint density at radius 2 is 1.78 bits per heavy atom. The molecule has 0 atom stereocenters. The molecule has 0 fully saturated rings. The van der Waals surface area contributed by atoms with Crippen LogP contribution in [0.2, 0.25) is 0 Å². The van der Waals surface area contributed by atoms with Crippen molar-refractivity contribution in [2.75, 3.05) is 7.05 Å². The number of nitrogens with zero attached hydrogens (tertiary/aromatic N) is 4. The summed E-state index contributed by atoms with van der Waals surface area (Å²) in [6, 6.07) is 12.4. The largest absolute Gasteiger partial charge is 0.359 e. The van der Waals surface area contributed by atoms with Gasteiger partial charge in [-0.05, 0) is 32.3 Å². The first kappa shape index (κ1) is 25.9. The van der Waals surface area contributed by atoms with E-state index in [2.05, 4.69) is 77.4 Å². The molecule has 0 bridgehead atoms. The van der Waals surface area contributed by atoms with Gasteiger partial charge in [0.25, 0.3) is 0 Å². The van der Waals surface area contributed by atoms with Gasteiger partial charge in [-0.3, -0.25) is 9.67 Å². The van der Waals surface area contributed by atoms with Crippen LogP contribution < -0.4 is 10.6 Å². The Morgan fingerprint density at radius 1 is 1.09 bits per heavy atom. The minimum Gasteiger partial charge on any atom is -0.359 e. The Kier molecular flexibility index (Phi) is 10.2. The van der Waals surface area contributed by atoms with Gasteiger partial charge in [-0.2, -0.15) is 5.10 Å². The van der Waals surface area contributed by atoms with Crippen LogP contribution in [0.4, 0.5) is 0 Å². The summed E-state index contributed by atoms with van der Waals surface area (Å²) in [5, 5.41) is 15.7. The van der Waals surface area contributed by atoms with E-state index >= 15 is 0 Å². The molecule has 7 nitrogen and oxygen atoms in total. The zero-order chi connectivity index (χ0) is 22.2. The molecule has 0 saturated carbocycles. The molecule has 2 N–H and O–H groups in total. The zero-order valence-electron chi connectivity index (χ0n) is 19.7. The highest BCUT2D eigenvalue weighted by atomic mass is 127. The summed E-state index contributed by atoms with van der Waals surface area (Å²) < 4.78 is 7.56. The van der Waals surface area contributed by atoms with Crippen molar-refractivity contribution in [3.8, 4) is 0 Å². The molecule has 8 heteroatoms. The van der Waals surface area contributed by atoms with Crippen molar-refractivity contribution in [1.82, 2.24) is 25.6 Å². The number of benzene rings is 1. The van der Waals surface area contributed by atoms with Crippen LogP contribution >= 0.6 is 24.0 Å². The average molecular weight is 550 g/mol. The lowest BCUT2D eigenvalue weighted by Crippen LogP contribution is -2.36. The highest BCUT2D eigenvalue weighted by Crippen LogP contribution is 2.22. The van der Waals surface area contributed by atoms with E-state index in [1.807, 2.05) is 12.1 Å². The molecule has 0 radical (unpaired) electrons. The summed E-state index contributed by atoms with van der Waals surface area (Å²) in [7, 11) is 1.77. The van der Waals surface area contributed by atoms with Crippen LogP contribution in [0.1, 0.15) is 66.6 Å². The van der Waals surface area contributed by atoms with Gasteiger partial charge in [0.05, 0.1) is 24.5 Å². The van der Waals surface area contributed by atoms with Gasteiger partial charge < -0.3 is 15.2 Å². The molecular weight excluding hydrogens is 515 g/mol. The second-order valence-electron chi connectivity index (χ2n) is 7.80. The molecule has 0 spiro atoms. The number of nitrogens with one attached hydrogen (secondary N) is 2. The zero-order valence-corrected chi connectivity index (χ0v) is 22.0. The maximum atomic E-state index is 5.50. The van der Waals surface area contributed by atoms with Crippen molar-refractivity contribution in [3.05, 3.63) is 70.4 Å². The topological polar surface area (TPSA) is 80.3 Å². The standard InChI is InChI=1S/C24H34N6O.HI/c1-6-20(7-2)23-13-21(31-29-23)14-26-24(25-5)27-15-22-17(3)28-30(18(22)4)16-19-11-9-8-10-12-19;/h8-13,20H,6-7,14-16H2,1-5H3,(H2,25,26,27);1H. The average Bonchev–Trinajstić information content (AvgIpc) is 3.35. The molecule has 0 saturated heterocycles. The molecule has 0 aliphatic heterocycles. The molecule has 32 heavy (non-hydrogen) atoms. The number of aromatic nitrogens is 3. The molecule has 174 valence electrons. The third-order valence-electron chi connectivity index (χ3n) is 5.77. The highest BCUT2D eigenvalue weighted by Gasteiger charge is 2.14. The van der Waals surface area contributed by atoms with Crippen molar-refractivity contribution >= 4 is 29.9 Å². The Bertz CT molecular complexity index is 991. The molecule has 2 aromatic heterocycles. The highest BCUT2D eigenvalue weighted by molar-refractivity contribution is 14.0. The smallest absolute Gasteiger partial charge is 0.191 e. The fourth-order valence-electron chi connectivity index (χ4n) is 3.78. The third kappa shape index (κ3) is 6.57. The lowest BCUT2D eigenvalue weighted by atomic mass is 9.99. The van der Waals surface area contributed by atoms with Crippen molar-refractivity contribution in [1.29, 1.82) is 0 Å². The van der Waals surface area contributed by atoms with Gasteiger partial charge in [0, 0.05) is 36.8 Å². The number of halogens is 1. The minimum absolute atomic E-state index is 0. The van der Waals surface area contributed by atoms with E-state index in [1.165, 1.54) is 11.1 Å². The van der Waals surface area contributed by atoms with Crippen LogP contribution in [0.15, 0.2) is 45.9 Å². The van der Waals surface area contributed by atoms with E-state index in [1.54, 1.807) is 7.05 Å². The summed E-state index contributed by atoms with van der Waals surface area (Å²) in [6.07, 6.45) is 2.13. The van der Waals surface area contributed by atoms with E-state index < -0.39 is 0 Å². The van der Waals surface area contributed by atoms with Crippen LogP contribution in [0.5, 0.6) is 0 Å². The lowest BCUT2D eigenvalue weighted by molar-refractivity contribution is 0.368. The van der Waals surface area contributed by atoms with Gasteiger partial charge >= 0.3 is 0 Å². The van der Waals surface area contributed by atoms with Gasteiger partial charge in [0.2, 0.25) is 0 Å². The van der Waals surface area contributed by atoms with Crippen molar-refractivity contribution in [2.24, 2.45) is 4.99 Å². The molecule has 0 unspecified atom stereocenters. The predicted molar refractivity (Wildman–Crippen MR) is 140 cm³/mol. The van der Waals surface area contributed by atoms with Crippen molar-refractivity contribution < 1.29 is 4.52 Å².